The van der Waals surface area contributed by atoms with Crippen molar-refractivity contribution in [1.29, 1.82) is 0 Å². The number of anilines is 2. The number of hydrogen-bond donors (Lipinski definition) is 6. The molecule has 7 N–H and O–H groups in total. The Morgan fingerprint density at radius 2 is 1.81 bits per heavy atom. The summed E-state index contributed by atoms with van der Waals surface area (Å²) in [6, 6.07) is 10.5. The first-order chi connectivity index (χ1) is 17.3. The highest BCUT2D eigenvalue weighted by Gasteiger charge is 2.21. The van der Waals surface area contributed by atoms with Crippen LogP contribution in [0.4, 0.5) is 16.4 Å². The zero-order chi connectivity index (χ0) is 25.9. The lowest BCUT2D eigenvalue weighted by molar-refractivity contribution is -0.123. The van der Waals surface area contributed by atoms with Gasteiger partial charge in [-0.3, -0.25) is 9.59 Å². The largest absolute Gasteiger partial charge is 0.369 e. The number of nitrogens with zero attached hydrogens (tertiary/aromatic N) is 1. The van der Waals surface area contributed by atoms with E-state index in [4.69, 9.17) is 28.9 Å². The van der Waals surface area contributed by atoms with Crippen LogP contribution in [0.25, 0.3) is 0 Å². The maximum absolute atomic E-state index is 13.0. The summed E-state index contributed by atoms with van der Waals surface area (Å²) in [5.41, 5.74) is 7.22. The summed E-state index contributed by atoms with van der Waals surface area (Å²) in [6.07, 6.45) is 4.44. The first-order valence-corrected chi connectivity index (χ1v) is 12.0. The first-order valence-electron chi connectivity index (χ1n) is 11.2. The normalized spacial score (nSPS) is 11.4. The highest BCUT2D eigenvalue weighted by molar-refractivity contribution is 6.36. The van der Waals surface area contributed by atoms with E-state index in [-0.39, 0.29) is 23.9 Å². The van der Waals surface area contributed by atoms with Gasteiger partial charge in [-0.25, -0.2) is 9.78 Å². The number of hydrogen-bond acceptors (Lipinski definition) is 5. The van der Waals surface area contributed by atoms with Crippen molar-refractivity contribution in [3.63, 3.8) is 0 Å². The van der Waals surface area contributed by atoms with Gasteiger partial charge in [0.15, 0.2) is 5.95 Å². The third-order valence-electron chi connectivity index (χ3n) is 5.13. The molecule has 4 amide bonds. The number of aromatic amines is 1. The van der Waals surface area contributed by atoms with Crippen LogP contribution in [0.1, 0.15) is 24.0 Å². The minimum absolute atomic E-state index is 0.150. The molecule has 1 aromatic heterocycles. The number of H-pyrrole nitrogens is 1. The van der Waals surface area contributed by atoms with Crippen molar-refractivity contribution in [2.45, 2.75) is 31.8 Å². The number of halogens is 2. The van der Waals surface area contributed by atoms with Crippen LogP contribution in [0.15, 0.2) is 54.9 Å². The third kappa shape index (κ3) is 8.79. The second-order valence-corrected chi connectivity index (χ2v) is 8.80. The van der Waals surface area contributed by atoms with Gasteiger partial charge in [-0.2, -0.15) is 0 Å². The van der Waals surface area contributed by atoms with E-state index in [1.807, 2.05) is 12.1 Å². The first kappa shape index (κ1) is 26.8. The fourth-order valence-electron chi connectivity index (χ4n) is 3.34. The van der Waals surface area contributed by atoms with Gasteiger partial charge in [-0.1, -0.05) is 47.5 Å². The van der Waals surface area contributed by atoms with Crippen molar-refractivity contribution in [3.8, 4) is 0 Å². The van der Waals surface area contributed by atoms with Crippen molar-refractivity contribution in [2.24, 2.45) is 5.73 Å². The molecule has 0 aliphatic heterocycles. The van der Waals surface area contributed by atoms with Crippen LogP contribution in [0.3, 0.4) is 0 Å². The third-order valence-corrected chi connectivity index (χ3v) is 5.68. The smallest absolute Gasteiger partial charge is 0.319 e. The van der Waals surface area contributed by atoms with Crippen LogP contribution in [0.5, 0.6) is 0 Å². The zero-order valence-electron chi connectivity index (χ0n) is 19.3. The van der Waals surface area contributed by atoms with Gasteiger partial charge in [0.25, 0.3) is 0 Å². The van der Waals surface area contributed by atoms with Crippen molar-refractivity contribution in [2.75, 3.05) is 17.2 Å². The van der Waals surface area contributed by atoms with Gasteiger partial charge in [0.1, 0.15) is 6.04 Å². The summed E-state index contributed by atoms with van der Waals surface area (Å²) < 4.78 is 0. The number of imidazole rings is 1. The second-order valence-electron chi connectivity index (χ2n) is 7.96. The van der Waals surface area contributed by atoms with Crippen LogP contribution in [-0.4, -0.2) is 40.4 Å². The number of carbonyl (C=O) groups is 3. The Morgan fingerprint density at radius 3 is 2.47 bits per heavy atom. The van der Waals surface area contributed by atoms with E-state index in [0.29, 0.717) is 36.0 Å². The van der Waals surface area contributed by atoms with Gasteiger partial charge < -0.3 is 32.0 Å². The van der Waals surface area contributed by atoms with Crippen molar-refractivity contribution >= 4 is 52.7 Å². The summed E-state index contributed by atoms with van der Waals surface area (Å²) >= 11 is 12.0. The molecular weight excluding hydrogens is 505 g/mol. The Balaban J connectivity index is 1.58. The topological polar surface area (TPSA) is 154 Å². The van der Waals surface area contributed by atoms with Gasteiger partial charge in [-0.05, 0) is 42.2 Å². The van der Waals surface area contributed by atoms with E-state index in [2.05, 4.69) is 31.2 Å². The molecule has 0 saturated carbocycles. The molecule has 1 heterocycles. The van der Waals surface area contributed by atoms with E-state index in [0.717, 1.165) is 11.1 Å². The average Bonchev–Trinajstić information content (AvgIpc) is 3.35. The number of nitrogens with two attached hydrogens (primary N) is 1. The molecule has 0 aliphatic carbocycles. The van der Waals surface area contributed by atoms with Crippen LogP contribution in [-0.2, 0) is 22.6 Å². The number of nitrogens with one attached hydrogen (secondary N) is 5. The fraction of sp³-hybridized carbons (Fsp3) is 0.250. The molecule has 3 aromatic rings. The highest BCUT2D eigenvalue weighted by Crippen LogP contribution is 2.25. The predicted molar refractivity (Wildman–Crippen MR) is 140 cm³/mol. The van der Waals surface area contributed by atoms with Gasteiger partial charge in [0.2, 0.25) is 11.8 Å². The number of rotatable bonds is 12. The summed E-state index contributed by atoms with van der Waals surface area (Å²) in [5, 5.41) is 12.0. The van der Waals surface area contributed by atoms with E-state index in [1.54, 1.807) is 36.7 Å². The number of urea groups is 1. The summed E-state index contributed by atoms with van der Waals surface area (Å²) in [4.78, 5) is 43.7. The molecule has 3 rings (SSSR count). The molecule has 12 heteroatoms. The van der Waals surface area contributed by atoms with Crippen molar-refractivity contribution < 1.29 is 14.4 Å². The molecule has 0 saturated heterocycles. The lowest BCUT2D eigenvalue weighted by Gasteiger charge is -2.19. The minimum atomic E-state index is -0.802. The summed E-state index contributed by atoms with van der Waals surface area (Å²) in [7, 11) is 0. The molecule has 10 nitrogen and oxygen atoms in total. The number of aromatic nitrogens is 2. The molecule has 1 atom stereocenters. The zero-order valence-corrected chi connectivity index (χ0v) is 20.8. The van der Waals surface area contributed by atoms with Crippen molar-refractivity contribution in [1.82, 2.24) is 20.6 Å². The molecule has 2 aromatic carbocycles. The summed E-state index contributed by atoms with van der Waals surface area (Å²) in [5.74, 6) is -0.130. The molecule has 190 valence electrons. The molecule has 0 aliphatic rings. The Labute approximate surface area is 218 Å². The van der Waals surface area contributed by atoms with E-state index >= 15 is 0 Å². The van der Waals surface area contributed by atoms with Crippen molar-refractivity contribution in [3.05, 3.63) is 76.0 Å². The fourth-order valence-corrected chi connectivity index (χ4v) is 3.80. The monoisotopic (exact) mass is 531 g/mol. The van der Waals surface area contributed by atoms with Gasteiger partial charge in [0, 0.05) is 30.5 Å². The molecule has 36 heavy (non-hydrogen) atoms. The molecule has 0 fully saturated rings. The van der Waals surface area contributed by atoms with E-state index in [1.165, 1.54) is 6.07 Å². The number of amides is 4. The number of primary amides is 1. The van der Waals surface area contributed by atoms with Gasteiger partial charge in [-0.15, -0.1) is 0 Å². The second kappa shape index (κ2) is 13.4. The van der Waals surface area contributed by atoms with Crippen LogP contribution < -0.4 is 27.0 Å². The molecular formula is C24H27Cl2N7O3. The maximum atomic E-state index is 13.0. The number of carbonyl (C=O) groups excluding carboxylic acids is 3. The maximum Gasteiger partial charge on any atom is 0.319 e. The molecule has 0 unspecified atom stereocenters. The standard InChI is InChI=1S/C24H27Cl2N7O3/c25-17-7-8-19(18(26)13-17)32-24(36)33-20(2-1-9-28-23-29-10-11-30-23)22(35)31-14-16-5-3-15(4-6-16)12-21(27)34/h3-8,10-11,13,20H,1-2,9,12,14H2,(H2,27,34)(H,31,35)(H2,28,29,30)(H2,32,33,36)/t20-/m1/s1. The Bertz CT molecular complexity index is 1170. The van der Waals surface area contributed by atoms with E-state index < -0.39 is 18.0 Å². The summed E-state index contributed by atoms with van der Waals surface area (Å²) in [6.45, 7) is 0.800. The SMILES string of the molecule is NC(=O)Cc1ccc(CNC(=O)[C@@H](CCCNc2ncc[nH]2)NC(=O)Nc2ccc(Cl)cc2Cl)cc1. The Hall–Kier alpha value is -3.76. The quantitative estimate of drug-likeness (QED) is 0.197. The Kier molecular flexibility index (Phi) is 9.96. The predicted octanol–water partition coefficient (Wildman–Crippen LogP) is 3.44. The van der Waals surface area contributed by atoms with Crippen LogP contribution in [0.2, 0.25) is 10.0 Å². The average molecular weight is 532 g/mol. The lowest BCUT2D eigenvalue weighted by Crippen LogP contribution is -2.48. The minimum Gasteiger partial charge on any atom is -0.369 e. The molecule has 0 bridgehead atoms. The van der Waals surface area contributed by atoms with E-state index in [9.17, 15) is 14.4 Å². The van der Waals surface area contributed by atoms with Gasteiger partial charge in [0.05, 0.1) is 17.1 Å². The van der Waals surface area contributed by atoms with Crippen LogP contribution >= 0.6 is 23.2 Å². The van der Waals surface area contributed by atoms with Gasteiger partial charge >= 0.3 is 6.03 Å². The molecule has 0 radical (unpaired) electrons. The lowest BCUT2D eigenvalue weighted by atomic mass is 10.1. The van der Waals surface area contributed by atoms with Crippen LogP contribution in [0, 0.1) is 0 Å². The highest BCUT2D eigenvalue weighted by atomic mass is 35.5. The number of benzene rings is 2. The molecule has 0 spiro atoms. The Morgan fingerprint density at radius 1 is 1.06 bits per heavy atom.